The van der Waals surface area contributed by atoms with Gasteiger partial charge in [0.2, 0.25) is 0 Å². The lowest BCUT2D eigenvalue weighted by Gasteiger charge is -2.39. The third-order valence-corrected chi connectivity index (χ3v) is 6.19. The van der Waals surface area contributed by atoms with Crippen LogP contribution in [0.5, 0.6) is 0 Å². The first-order valence-electron chi connectivity index (χ1n) is 13.7. The third-order valence-electron chi connectivity index (χ3n) is 6.19. The molecule has 7 N–H and O–H groups in total. The molecule has 1 aliphatic heterocycles. The van der Waals surface area contributed by atoms with E-state index in [9.17, 15) is 29.7 Å². The Morgan fingerprint density at radius 2 is 1.51 bits per heavy atom. The van der Waals surface area contributed by atoms with Crippen molar-refractivity contribution in [2.24, 2.45) is 23.5 Å². The second-order valence-corrected chi connectivity index (χ2v) is 11.3. The second-order valence-electron chi connectivity index (χ2n) is 11.3. The number of hydrogen-bond donors (Lipinski definition) is 6. The first kappa shape index (κ1) is 39.5. The summed E-state index contributed by atoms with van der Waals surface area (Å²) in [6.45, 7) is 17.4. The van der Waals surface area contributed by atoms with Crippen LogP contribution < -0.4 is 16.4 Å². The highest BCUT2D eigenvalue weighted by Crippen LogP contribution is 2.23. The van der Waals surface area contributed by atoms with Gasteiger partial charge in [0.25, 0.3) is 0 Å². The number of urea groups is 1. The van der Waals surface area contributed by atoms with Crippen LogP contribution in [-0.4, -0.2) is 88.4 Å². The van der Waals surface area contributed by atoms with Crippen LogP contribution in [0.2, 0.25) is 0 Å². The van der Waals surface area contributed by atoms with Gasteiger partial charge in [-0.25, -0.2) is 4.79 Å². The van der Waals surface area contributed by atoms with E-state index in [4.69, 9.17) is 15.2 Å². The zero-order chi connectivity index (χ0) is 29.7. The van der Waals surface area contributed by atoms with Gasteiger partial charge in [0.15, 0.2) is 12.1 Å². The van der Waals surface area contributed by atoms with E-state index in [1.165, 1.54) is 0 Å². The maximum absolute atomic E-state index is 12.7. The summed E-state index contributed by atoms with van der Waals surface area (Å²) in [5, 5.41) is 34.2. The van der Waals surface area contributed by atoms with E-state index in [1.54, 1.807) is 20.8 Å². The van der Waals surface area contributed by atoms with E-state index < -0.39 is 36.7 Å². The van der Waals surface area contributed by atoms with Gasteiger partial charge in [0.1, 0.15) is 24.1 Å². The van der Waals surface area contributed by atoms with E-state index >= 15 is 0 Å². The summed E-state index contributed by atoms with van der Waals surface area (Å²) in [7, 11) is 0. The molecule has 0 aliphatic carbocycles. The van der Waals surface area contributed by atoms with Crippen molar-refractivity contribution in [3.63, 3.8) is 0 Å². The first-order valence-corrected chi connectivity index (χ1v) is 13.7. The number of nitrogens with one attached hydrogen (secondary N) is 2. The summed E-state index contributed by atoms with van der Waals surface area (Å²) in [4.78, 5) is 35.8. The van der Waals surface area contributed by atoms with Crippen LogP contribution in [0.15, 0.2) is 0 Å². The molecule has 11 heteroatoms. The lowest BCUT2D eigenvalue weighted by molar-refractivity contribution is -0.301. The predicted molar refractivity (Wildman–Crippen MR) is 152 cm³/mol. The SMILES string of the molecule is C.CC(C)N[C@H](C(=O)C[C@@H](CCCNC(N)=O)C(=O)C(C)C)C(C)C.CC(C)O[C@H]1O[C@@H](C)[C@H](O)[C@@H](O)[C@@H]1O. The molecule has 1 heterocycles. The molecule has 7 atom stereocenters. The van der Waals surface area contributed by atoms with Gasteiger partial charge in [0.05, 0.1) is 18.2 Å². The molecule has 0 saturated carbocycles. The number of primary amides is 1. The van der Waals surface area contributed by atoms with E-state index in [1.807, 2.05) is 41.5 Å². The van der Waals surface area contributed by atoms with Crippen LogP contribution in [0.4, 0.5) is 4.79 Å². The molecule has 0 radical (unpaired) electrons. The van der Waals surface area contributed by atoms with Gasteiger partial charge in [-0.05, 0) is 39.5 Å². The zero-order valence-corrected chi connectivity index (χ0v) is 24.6. The molecule has 0 bridgehead atoms. The van der Waals surface area contributed by atoms with Gasteiger partial charge in [-0.15, -0.1) is 0 Å². The Labute approximate surface area is 235 Å². The van der Waals surface area contributed by atoms with Crippen LogP contribution >= 0.6 is 0 Å². The van der Waals surface area contributed by atoms with Crippen molar-refractivity contribution in [2.75, 3.05) is 6.54 Å². The monoisotopic (exact) mass is 563 g/mol. The topological polar surface area (TPSA) is 180 Å². The highest BCUT2D eigenvalue weighted by atomic mass is 16.7. The molecule has 1 saturated heterocycles. The second kappa shape index (κ2) is 19.4. The molecular weight excluding hydrogens is 506 g/mol. The van der Waals surface area contributed by atoms with Crippen molar-refractivity contribution in [3.8, 4) is 0 Å². The minimum atomic E-state index is -1.22. The van der Waals surface area contributed by atoms with Crippen molar-refractivity contribution in [1.29, 1.82) is 0 Å². The first-order chi connectivity index (χ1) is 17.5. The molecule has 39 heavy (non-hydrogen) atoms. The van der Waals surface area contributed by atoms with Crippen LogP contribution in [0.25, 0.3) is 0 Å². The van der Waals surface area contributed by atoms with Gasteiger partial charge in [-0.1, -0.05) is 49.0 Å². The standard InChI is InChI=1S/C18H35N3O3.C9H18O5.CH4/c1-11(2)16(21-13(5)6)15(22)10-14(17(23)12(3)4)8-7-9-20-18(19)24;1-4(2)13-9-8(12)7(11)6(10)5(3)14-9;/h11-14,16,21H,7-10H2,1-6H3,(H3,19,20,24);4-12H,1-3H3;1H4/t14-,16+;5-,6-,7+,8-,9-;/m10./s1. The quantitative estimate of drug-likeness (QED) is 0.173. The Hall–Kier alpha value is -1.63. The molecule has 11 nitrogen and oxygen atoms in total. The average molecular weight is 564 g/mol. The van der Waals surface area contributed by atoms with E-state index in [0.29, 0.717) is 19.4 Å². The van der Waals surface area contributed by atoms with Crippen molar-refractivity contribution >= 4 is 17.6 Å². The number of rotatable bonds is 14. The van der Waals surface area contributed by atoms with Gasteiger partial charge < -0.3 is 41.2 Å². The smallest absolute Gasteiger partial charge is 0.312 e. The fourth-order valence-electron chi connectivity index (χ4n) is 4.16. The van der Waals surface area contributed by atoms with Crippen molar-refractivity contribution in [1.82, 2.24) is 10.6 Å². The van der Waals surface area contributed by atoms with E-state index in [-0.39, 0.29) is 61.4 Å². The minimum Gasteiger partial charge on any atom is -0.388 e. The number of ether oxygens (including phenoxy) is 2. The Balaban J connectivity index is 0. The average Bonchev–Trinajstić information content (AvgIpc) is 2.80. The number of carbonyl (C=O) groups is 3. The Morgan fingerprint density at radius 1 is 0.949 bits per heavy atom. The fourth-order valence-corrected chi connectivity index (χ4v) is 4.16. The third kappa shape index (κ3) is 15.1. The van der Waals surface area contributed by atoms with Crippen LogP contribution in [0.1, 0.15) is 89.0 Å². The normalized spacial score (nSPS) is 24.6. The molecule has 232 valence electrons. The highest BCUT2D eigenvalue weighted by molar-refractivity contribution is 5.91. The summed E-state index contributed by atoms with van der Waals surface area (Å²) in [5.41, 5.74) is 5.04. The van der Waals surface area contributed by atoms with Gasteiger partial charge in [-0.3, -0.25) is 9.59 Å². The van der Waals surface area contributed by atoms with Crippen LogP contribution in [0.3, 0.4) is 0 Å². The molecule has 2 amide bonds. The summed E-state index contributed by atoms with van der Waals surface area (Å²) in [5.74, 6) is -0.0499. The molecule has 0 unspecified atom stereocenters. The molecule has 1 fully saturated rings. The van der Waals surface area contributed by atoms with Gasteiger partial charge >= 0.3 is 6.03 Å². The van der Waals surface area contributed by atoms with Crippen molar-refractivity contribution < 1.29 is 39.2 Å². The maximum atomic E-state index is 12.7. The van der Waals surface area contributed by atoms with Crippen LogP contribution in [0, 0.1) is 17.8 Å². The molecule has 1 aliphatic rings. The summed E-state index contributed by atoms with van der Waals surface area (Å²) >= 11 is 0. The predicted octanol–water partition coefficient (Wildman–Crippen LogP) is 2.13. The van der Waals surface area contributed by atoms with Crippen molar-refractivity contribution in [2.45, 2.75) is 138 Å². The fraction of sp³-hybridized carbons (Fsp3) is 0.893. The largest absolute Gasteiger partial charge is 0.388 e. The summed E-state index contributed by atoms with van der Waals surface area (Å²) in [6, 6.07) is -0.601. The van der Waals surface area contributed by atoms with Crippen LogP contribution in [-0.2, 0) is 19.1 Å². The Bertz CT molecular complexity index is 717. The van der Waals surface area contributed by atoms with E-state index in [2.05, 4.69) is 10.6 Å². The Kier molecular flexibility index (Phi) is 19.7. The number of aliphatic hydroxyl groups is 3. The number of Topliss-reactive ketones (excluding diaryl/α,β-unsaturated/α-hetero) is 2. The number of hydrogen-bond acceptors (Lipinski definition) is 9. The number of aliphatic hydroxyl groups excluding tert-OH is 3. The number of amides is 2. The Morgan fingerprint density at radius 3 is 1.95 bits per heavy atom. The van der Waals surface area contributed by atoms with Gasteiger partial charge in [-0.2, -0.15) is 0 Å². The molecule has 0 aromatic heterocycles. The van der Waals surface area contributed by atoms with E-state index in [0.717, 1.165) is 0 Å². The maximum Gasteiger partial charge on any atom is 0.312 e. The number of ketones is 2. The summed E-state index contributed by atoms with van der Waals surface area (Å²) in [6.07, 6.45) is -3.57. The van der Waals surface area contributed by atoms with Gasteiger partial charge in [0, 0.05) is 30.8 Å². The molecular formula is C28H57N3O8. The molecule has 0 aromatic rings. The zero-order valence-electron chi connectivity index (χ0n) is 24.6. The lowest BCUT2D eigenvalue weighted by Crippen LogP contribution is -2.57. The lowest BCUT2D eigenvalue weighted by atomic mass is 9.84. The molecule has 0 aromatic carbocycles. The summed E-state index contributed by atoms with van der Waals surface area (Å²) < 4.78 is 10.5. The molecule has 0 spiro atoms. The number of carbonyl (C=O) groups excluding carboxylic acids is 3. The molecule has 1 rings (SSSR count). The minimum absolute atomic E-state index is 0. The number of nitrogens with two attached hydrogens (primary N) is 1. The highest BCUT2D eigenvalue weighted by Gasteiger charge is 2.42. The van der Waals surface area contributed by atoms with Crippen molar-refractivity contribution in [3.05, 3.63) is 0 Å².